The molecule has 1 fully saturated rings. The van der Waals surface area contributed by atoms with Gasteiger partial charge in [-0.15, -0.1) is 0 Å². The van der Waals surface area contributed by atoms with Crippen LogP contribution in [0.4, 0.5) is 0 Å². The van der Waals surface area contributed by atoms with Crippen molar-refractivity contribution >= 4 is 5.91 Å². The van der Waals surface area contributed by atoms with Crippen molar-refractivity contribution in [2.24, 2.45) is 0 Å². The molecule has 0 spiro atoms. The second-order valence-electron chi connectivity index (χ2n) is 8.94. The molecule has 0 aromatic heterocycles. The minimum atomic E-state index is -0.192. The zero-order chi connectivity index (χ0) is 23.3. The Hall–Kier alpha value is -3.35. The zero-order valence-corrected chi connectivity index (χ0v) is 19.5. The average Bonchev–Trinajstić information content (AvgIpc) is 3.36. The summed E-state index contributed by atoms with van der Waals surface area (Å²) >= 11 is 0. The number of hydrogen-bond acceptors (Lipinski definition) is 5. The third-order valence-electron chi connectivity index (χ3n) is 6.73. The van der Waals surface area contributed by atoms with Gasteiger partial charge >= 0.3 is 0 Å². The highest BCUT2D eigenvalue weighted by molar-refractivity contribution is 5.82. The first-order valence-electron chi connectivity index (χ1n) is 11.9. The van der Waals surface area contributed by atoms with Crippen LogP contribution < -0.4 is 14.8 Å². The van der Waals surface area contributed by atoms with Crippen LogP contribution in [-0.2, 0) is 11.3 Å². The van der Waals surface area contributed by atoms with Crippen molar-refractivity contribution in [1.82, 2.24) is 15.1 Å². The fourth-order valence-electron chi connectivity index (χ4n) is 4.69. The van der Waals surface area contributed by atoms with Crippen molar-refractivity contribution in [3.63, 3.8) is 0 Å². The van der Waals surface area contributed by atoms with Gasteiger partial charge in [-0.2, -0.15) is 0 Å². The van der Waals surface area contributed by atoms with E-state index in [1.165, 1.54) is 5.56 Å². The van der Waals surface area contributed by atoms with Crippen LogP contribution in [0.25, 0.3) is 0 Å². The molecule has 2 heterocycles. The summed E-state index contributed by atoms with van der Waals surface area (Å²) in [5.74, 6) is 1.70. The summed E-state index contributed by atoms with van der Waals surface area (Å²) in [6, 6.07) is 26.1. The molecule has 0 aliphatic carbocycles. The van der Waals surface area contributed by atoms with E-state index in [0.717, 1.165) is 55.3 Å². The summed E-state index contributed by atoms with van der Waals surface area (Å²) in [4.78, 5) is 18.0. The molecule has 3 aromatic carbocycles. The maximum atomic E-state index is 13.3. The second kappa shape index (κ2) is 10.3. The molecule has 3 aromatic rings. The van der Waals surface area contributed by atoms with Gasteiger partial charge in [0.2, 0.25) is 12.7 Å². The number of amides is 1. The Morgan fingerprint density at radius 3 is 2.12 bits per heavy atom. The monoisotopic (exact) mass is 457 g/mol. The Morgan fingerprint density at radius 2 is 1.47 bits per heavy atom. The maximum Gasteiger partial charge on any atom is 0.237 e. The van der Waals surface area contributed by atoms with Crippen LogP contribution in [-0.4, -0.2) is 54.7 Å². The molecule has 0 saturated carbocycles. The average molecular weight is 458 g/mol. The van der Waals surface area contributed by atoms with Crippen LogP contribution in [0.3, 0.4) is 0 Å². The summed E-state index contributed by atoms with van der Waals surface area (Å²) in [5, 5.41) is 3.30. The highest BCUT2D eigenvalue weighted by Crippen LogP contribution is 2.33. The van der Waals surface area contributed by atoms with E-state index in [-0.39, 0.29) is 18.0 Å². The molecule has 0 bridgehead atoms. The highest BCUT2D eigenvalue weighted by Gasteiger charge is 2.28. The Bertz CT molecular complexity index is 1060. The fraction of sp³-hybridized carbons (Fsp3) is 0.321. The van der Waals surface area contributed by atoms with Gasteiger partial charge < -0.3 is 14.8 Å². The Kier molecular flexibility index (Phi) is 6.79. The molecular formula is C28H31N3O3. The normalized spacial score (nSPS) is 17.0. The molecule has 2 aliphatic heterocycles. The lowest BCUT2D eigenvalue weighted by molar-refractivity contribution is -0.127. The van der Waals surface area contributed by atoms with Crippen molar-refractivity contribution in [3.8, 4) is 11.5 Å². The van der Waals surface area contributed by atoms with Gasteiger partial charge in [-0.05, 0) is 35.7 Å². The van der Waals surface area contributed by atoms with E-state index in [9.17, 15) is 4.79 Å². The van der Waals surface area contributed by atoms with Crippen molar-refractivity contribution in [1.29, 1.82) is 0 Å². The van der Waals surface area contributed by atoms with Crippen molar-refractivity contribution in [3.05, 3.63) is 95.6 Å². The SMILES string of the molecule is C[C@@H](C(=O)NC(c1ccccc1)c1ccccc1)N1CCN(Cc2ccc3c(c2)OCO3)CC1. The van der Waals surface area contributed by atoms with E-state index < -0.39 is 0 Å². The van der Waals surface area contributed by atoms with Crippen LogP contribution in [0.5, 0.6) is 11.5 Å². The van der Waals surface area contributed by atoms with E-state index in [4.69, 9.17) is 9.47 Å². The van der Waals surface area contributed by atoms with Crippen molar-refractivity contribution in [2.45, 2.75) is 25.6 Å². The molecule has 6 heteroatoms. The molecule has 176 valence electrons. The molecule has 34 heavy (non-hydrogen) atoms. The third kappa shape index (κ3) is 5.08. The number of nitrogens with zero attached hydrogens (tertiary/aromatic N) is 2. The standard InChI is InChI=1S/C28H31N3O3/c1-21(28(32)29-27(23-8-4-2-5-9-23)24-10-6-3-7-11-24)31-16-14-30(15-17-31)19-22-12-13-25-26(18-22)34-20-33-25/h2-13,18,21,27H,14-17,19-20H2,1H3,(H,29,32)/t21-/m0/s1. The largest absolute Gasteiger partial charge is 0.454 e. The Morgan fingerprint density at radius 1 is 0.853 bits per heavy atom. The lowest BCUT2D eigenvalue weighted by Gasteiger charge is -2.38. The third-order valence-corrected chi connectivity index (χ3v) is 6.73. The first kappa shape index (κ1) is 22.4. The van der Waals surface area contributed by atoms with Gasteiger partial charge in [0.05, 0.1) is 12.1 Å². The summed E-state index contributed by atoms with van der Waals surface area (Å²) in [7, 11) is 0. The first-order chi connectivity index (χ1) is 16.7. The Balaban J connectivity index is 1.18. The van der Waals surface area contributed by atoms with Crippen LogP contribution >= 0.6 is 0 Å². The summed E-state index contributed by atoms with van der Waals surface area (Å²) in [5.41, 5.74) is 3.39. The molecule has 0 radical (unpaired) electrons. The van der Waals surface area contributed by atoms with E-state index in [0.29, 0.717) is 6.79 Å². The predicted octanol–water partition coefficient (Wildman–Crippen LogP) is 3.83. The van der Waals surface area contributed by atoms with Gasteiger partial charge in [-0.1, -0.05) is 66.7 Å². The molecule has 6 nitrogen and oxygen atoms in total. The fourth-order valence-corrected chi connectivity index (χ4v) is 4.69. The molecule has 1 N–H and O–H groups in total. The van der Waals surface area contributed by atoms with Crippen LogP contribution in [0.15, 0.2) is 78.9 Å². The van der Waals surface area contributed by atoms with E-state index >= 15 is 0 Å². The minimum absolute atomic E-state index is 0.0573. The number of hydrogen-bond donors (Lipinski definition) is 1. The van der Waals surface area contributed by atoms with Gasteiger partial charge in [-0.3, -0.25) is 14.6 Å². The van der Waals surface area contributed by atoms with Gasteiger partial charge in [0.1, 0.15) is 0 Å². The number of rotatable bonds is 7. The lowest BCUT2D eigenvalue weighted by Crippen LogP contribution is -2.54. The number of carbonyl (C=O) groups excluding carboxylic acids is 1. The summed E-state index contributed by atoms with van der Waals surface area (Å²) in [6.45, 7) is 6.75. The summed E-state index contributed by atoms with van der Waals surface area (Å²) < 4.78 is 10.9. The molecule has 5 rings (SSSR count). The molecule has 1 amide bonds. The van der Waals surface area contributed by atoms with E-state index in [1.807, 2.05) is 49.4 Å². The maximum absolute atomic E-state index is 13.3. The number of ether oxygens (including phenoxy) is 2. The van der Waals surface area contributed by atoms with E-state index in [2.05, 4.69) is 51.5 Å². The molecule has 1 atom stereocenters. The van der Waals surface area contributed by atoms with Crippen LogP contribution in [0.1, 0.15) is 29.7 Å². The van der Waals surface area contributed by atoms with Gasteiger partial charge in [0.15, 0.2) is 11.5 Å². The lowest BCUT2D eigenvalue weighted by atomic mass is 9.98. The number of fused-ring (bicyclic) bond motifs is 1. The van der Waals surface area contributed by atoms with Crippen LogP contribution in [0.2, 0.25) is 0 Å². The van der Waals surface area contributed by atoms with Crippen molar-refractivity contribution < 1.29 is 14.3 Å². The van der Waals surface area contributed by atoms with Crippen LogP contribution in [0, 0.1) is 0 Å². The minimum Gasteiger partial charge on any atom is -0.454 e. The number of carbonyl (C=O) groups is 1. The van der Waals surface area contributed by atoms with Gasteiger partial charge in [0, 0.05) is 32.7 Å². The molecule has 1 saturated heterocycles. The number of nitrogens with one attached hydrogen (secondary N) is 1. The van der Waals surface area contributed by atoms with E-state index in [1.54, 1.807) is 0 Å². The molecule has 2 aliphatic rings. The summed E-state index contributed by atoms with van der Waals surface area (Å²) in [6.07, 6.45) is 0. The van der Waals surface area contributed by atoms with Gasteiger partial charge in [-0.25, -0.2) is 0 Å². The number of benzene rings is 3. The zero-order valence-electron chi connectivity index (χ0n) is 19.5. The molecule has 0 unspecified atom stereocenters. The van der Waals surface area contributed by atoms with Crippen molar-refractivity contribution in [2.75, 3.05) is 33.0 Å². The first-order valence-corrected chi connectivity index (χ1v) is 11.9. The molecular weight excluding hydrogens is 426 g/mol. The number of piperazine rings is 1. The van der Waals surface area contributed by atoms with Gasteiger partial charge in [0.25, 0.3) is 0 Å². The quantitative estimate of drug-likeness (QED) is 0.585. The second-order valence-corrected chi connectivity index (χ2v) is 8.94. The predicted molar refractivity (Wildman–Crippen MR) is 132 cm³/mol. The topological polar surface area (TPSA) is 54.0 Å². The smallest absolute Gasteiger partial charge is 0.237 e. The highest BCUT2D eigenvalue weighted by atomic mass is 16.7. The Labute approximate surface area is 201 Å².